The monoisotopic (exact) mass is 492 g/mol. The van der Waals surface area contributed by atoms with Crippen molar-refractivity contribution in [2.45, 2.75) is 18.2 Å². The molecule has 4 aromatic rings. The third-order valence-electron chi connectivity index (χ3n) is 5.01. The number of benzene rings is 2. The fourth-order valence-corrected chi connectivity index (χ4v) is 6.65. The van der Waals surface area contributed by atoms with Crippen molar-refractivity contribution in [2.24, 2.45) is 0 Å². The van der Waals surface area contributed by atoms with Gasteiger partial charge < -0.3 is 18.7 Å². The zero-order chi connectivity index (χ0) is 22.5. The molecule has 3 heterocycles. The van der Waals surface area contributed by atoms with E-state index in [1.807, 2.05) is 24.3 Å². The van der Waals surface area contributed by atoms with E-state index in [2.05, 4.69) is 9.88 Å². The lowest BCUT2D eigenvalue weighted by Gasteiger charge is -2.09. The number of rotatable bonds is 6. The molecule has 1 N–H and O–H groups in total. The van der Waals surface area contributed by atoms with Crippen molar-refractivity contribution < 1.29 is 27.2 Å². The number of hydrogen-bond acceptors (Lipinski definition) is 8. The molecular formula is C21H17ClN2O6S2. The predicted molar refractivity (Wildman–Crippen MR) is 121 cm³/mol. The van der Waals surface area contributed by atoms with Gasteiger partial charge in [-0.15, -0.1) is 11.3 Å². The summed E-state index contributed by atoms with van der Waals surface area (Å²) in [5.41, 5.74) is 1.28. The van der Waals surface area contributed by atoms with Gasteiger partial charge in [-0.25, -0.2) is 13.1 Å². The SMILES string of the molecule is COc1ccc2c(S(=O)(=O)Nc3onc(C)c3Cl)c(Cc3ccc4c(c3)OCO4)sc2c1. The number of aromatic nitrogens is 1. The number of fused-ring (bicyclic) bond motifs is 2. The van der Waals surface area contributed by atoms with E-state index in [1.165, 1.54) is 11.3 Å². The minimum atomic E-state index is -4.04. The topological polar surface area (TPSA) is 99.9 Å². The Morgan fingerprint density at radius 2 is 2.00 bits per heavy atom. The highest BCUT2D eigenvalue weighted by Gasteiger charge is 2.28. The Balaban J connectivity index is 1.61. The van der Waals surface area contributed by atoms with E-state index >= 15 is 0 Å². The number of sulfonamides is 1. The minimum absolute atomic E-state index is 0.118. The molecule has 0 radical (unpaired) electrons. The second-order valence-electron chi connectivity index (χ2n) is 7.10. The minimum Gasteiger partial charge on any atom is -0.497 e. The summed E-state index contributed by atoms with van der Waals surface area (Å²) >= 11 is 7.51. The van der Waals surface area contributed by atoms with E-state index in [4.69, 9.17) is 30.3 Å². The molecule has 2 aromatic carbocycles. The summed E-state index contributed by atoms with van der Waals surface area (Å²) in [5, 5.41) is 4.41. The Morgan fingerprint density at radius 3 is 2.75 bits per heavy atom. The average molecular weight is 493 g/mol. The summed E-state index contributed by atoms with van der Waals surface area (Å²) in [6.07, 6.45) is 0.373. The number of thiophene rings is 1. The number of aryl methyl sites for hydroxylation is 1. The maximum absolute atomic E-state index is 13.5. The van der Waals surface area contributed by atoms with E-state index in [9.17, 15) is 8.42 Å². The van der Waals surface area contributed by atoms with Crippen molar-refractivity contribution in [3.63, 3.8) is 0 Å². The van der Waals surface area contributed by atoms with Crippen LogP contribution in [0, 0.1) is 6.92 Å². The molecule has 1 aliphatic rings. The summed E-state index contributed by atoms with van der Waals surface area (Å²) in [7, 11) is -2.48. The first-order valence-corrected chi connectivity index (χ1v) is 12.2. The summed E-state index contributed by atoms with van der Waals surface area (Å²) in [6.45, 7) is 1.79. The first kappa shape index (κ1) is 20.9. The van der Waals surface area contributed by atoms with E-state index in [-0.39, 0.29) is 22.6 Å². The molecule has 0 aliphatic carbocycles. The van der Waals surface area contributed by atoms with Gasteiger partial charge in [0.25, 0.3) is 15.9 Å². The number of halogens is 1. The van der Waals surface area contributed by atoms with Gasteiger partial charge in [-0.05, 0) is 42.8 Å². The lowest BCUT2D eigenvalue weighted by atomic mass is 10.1. The van der Waals surface area contributed by atoms with Gasteiger partial charge in [0.15, 0.2) is 11.5 Å². The van der Waals surface area contributed by atoms with Crippen LogP contribution < -0.4 is 18.9 Å². The van der Waals surface area contributed by atoms with Crippen LogP contribution in [0.15, 0.2) is 45.8 Å². The second kappa shape index (κ2) is 7.88. The van der Waals surface area contributed by atoms with Gasteiger partial charge in [0, 0.05) is 21.4 Å². The zero-order valence-electron chi connectivity index (χ0n) is 17.0. The molecule has 0 unspecified atom stereocenters. The molecule has 0 saturated heterocycles. The highest BCUT2D eigenvalue weighted by molar-refractivity contribution is 7.93. The molecule has 0 atom stereocenters. The van der Waals surface area contributed by atoms with Crippen molar-refractivity contribution >= 4 is 48.9 Å². The molecule has 0 fully saturated rings. The molecule has 0 amide bonds. The maximum atomic E-state index is 13.5. The normalized spacial score (nSPS) is 13.0. The fraction of sp³-hybridized carbons (Fsp3) is 0.190. The van der Waals surface area contributed by atoms with Crippen LogP contribution in [0.2, 0.25) is 5.02 Å². The van der Waals surface area contributed by atoms with Gasteiger partial charge in [0.1, 0.15) is 21.4 Å². The van der Waals surface area contributed by atoms with E-state index < -0.39 is 10.0 Å². The van der Waals surface area contributed by atoms with Crippen LogP contribution in [0.1, 0.15) is 16.1 Å². The van der Waals surface area contributed by atoms with Crippen molar-refractivity contribution in [1.82, 2.24) is 5.16 Å². The van der Waals surface area contributed by atoms with E-state index in [1.54, 1.807) is 26.2 Å². The third kappa shape index (κ3) is 3.64. The van der Waals surface area contributed by atoms with Crippen LogP contribution >= 0.6 is 22.9 Å². The maximum Gasteiger partial charge on any atom is 0.266 e. The van der Waals surface area contributed by atoms with Crippen molar-refractivity contribution in [3.05, 3.63) is 57.6 Å². The first-order valence-electron chi connectivity index (χ1n) is 9.48. The van der Waals surface area contributed by atoms with Gasteiger partial charge >= 0.3 is 0 Å². The van der Waals surface area contributed by atoms with Crippen LogP contribution in [-0.4, -0.2) is 27.5 Å². The average Bonchev–Trinajstić information content (AvgIpc) is 3.46. The van der Waals surface area contributed by atoms with Gasteiger partial charge in [0.2, 0.25) is 6.79 Å². The Bertz CT molecular complexity index is 1440. The Hall–Kier alpha value is -2.95. The smallest absolute Gasteiger partial charge is 0.266 e. The Kier molecular flexibility index (Phi) is 5.15. The highest BCUT2D eigenvalue weighted by atomic mass is 35.5. The van der Waals surface area contributed by atoms with Gasteiger partial charge in [-0.3, -0.25) is 0 Å². The van der Waals surface area contributed by atoms with E-state index in [0.29, 0.717) is 39.6 Å². The van der Waals surface area contributed by atoms with Crippen molar-refractivity contribution in [3.8, 4) is 17.2 Å². The van der Waals surface area contributed by atoms with Crippen LogP contribution in [0.5, 0.6) is 17.2 Å². The quantitative estimate of drug-likeness (QED) is 0.405. The summed E-state index contributed by atoms with van der Waals surface area (Å²) in [4.78, 5) is 0.801. The molecule has 0 spiro atoms. The van der Waals surface area contributed by atoms with Crippen LogP contribution in [0.25, 0.3) is 10.1 Å². The number of hydrogen-bond donors (Lipinski definition) is 1. The standard InChI is InChI=1S/C21H17ClN2O6S2/c1-11-19(22)21(30-23-11)24-32(25,26)20-14-5-4-13(27-2)9-17(14)31-18(20)8-12-3-6-15-16(7-12)29-10-28-15/h3-7,9,24H,8,10H2,1-2H3. The lowest BCUT2D eigenvalue weighted by Crippen LogP contribution is -2.14. The largest absolute Gasteiger partial charge is 0.497 e. The van der Waals surface area contributed by atoms with Gasteiger partial charge in [0.05, 0.1) is 7.11 Å². The second-order valence-corrected chi connectivity index (χ2v) is 10.2. The number of nitrogens with zero attached hydrogens (tertiary/aromatic N) is 1. The summed E-state index contributed by atoms with van der Waals surface area (Å²) in [5.74, 6) is 1.82. The third-order valence-corrected chi connectivity index (χ3v) is 8.19. The molecule has 8 nitrogen and oxygen atoms in total. The molecule has 5 rings (SSSR count). The molecular weight excluding hydrogens is 476 g/mol. The molecule has 166 valence electrons. The van der Waals surface area contributed by atoms with Gasteiger partial charge in [-0.2, -0.15) is 0 Å². The predicted octanol–water partition coefficient (Wildman–Crippen LogP) is 4.98. The van der Waals surface area contributed by atoms with Crippen LogP contribution in [0.3, 0.4) is 0 Å². The molecule has 2 aromatic heterocycles. The first-order chi connectivity index (χ1) is 15.4. The number of nitrogens with one attached hydrogen (secondary N) is 1. The van der Waals surface area contributed by atoms with Crippen LogP contribution in [-0.2, 0) is 16.4 Å². The number of methoxy groups -OCH3 is 1. The lowest BCUT2D eigenvalue weighted by molar-refractivity contribution is 0.174. The van der Waals surface area contributed by atoms with Crippen molar-refractivity contribution in [2.75, 3.05) is 18.6 Å². The number of anilines is 1. The Labute approximate surface area is 192 Å². The molecule has 1 aliphatic heterocycles. The van der Waals surface area contributed by atoms with Crippen LogP contribution in [0.4, 0.5) is 5.88 Å². The summed E-state index contributed by atoms with van der Waals surface area (Å²) in [6, 6.07) is 10.8. The molecule has 32 heavy (non-hydrogen) atoms. The Morgan fingerprint density at radius 1 is 1.19 bits per heavy atom. The van der Waals surface area contributed by atoms with E-state index in [0.717, 1.165) is 10.3 Å². The fourth-order valence-electron chi connectivity index (χ4n) is 3.47. The number of ether oxygens (including phenoxy) is 3. The van der Waals surface area contributed by atoms with Crippen molar-refractivity contribution in [1.29, 1.82) is 0 Å². The summed E-state index contributed by atoms with van der Waals surface area (Å²) < 4.78 is 51.3. The zero-order valence-corrected chi connectivity index (χ0v) is 19.4. The highest BCUT2D eigenvalue weighted by Crippen LogP contribution is 2.40. The molecule has 0 bridgehead atoms. The molecule has 11 heteroatoms. The molecule has 0 saturated carbocycles. The van der Waals surface area contributed by atoms with Gasteiger partial charge in [-0.1, -0.05) is 22.8 Å².